The molecule has 3 heteroatoms. The lowest BCUT2D eigenvalue weighted by molar-refractivity contribution is 1.07. The van der Waals surface area contributed by atoms with Crippen LogP contribution in [0.2, 0.25) is 0 Å². The molecule has 1 aromatic heterocycles. The highest BCUT2D eigenvalue weighted by atomic mass is 15.1. The summed E-state index contributed by atoms with van der Waals surface area (Å²) in [7, 11) is 3.94. The predicted molar refractivity (Wildman–Crippen MR) is 56.7 cm³/mol. The van der Waals surface area contributed by atoms with E-state index in [1.54, 1.807) is 0 Å². The van der Waals surface area contributed by atoms with Crippen LogP contribution in [0.4, 0.5) is 5.82 Å². The molecule has 0 spiro atoms. The van der Waals surface area contributed by atoms with Gasteiger partial charge in [-0.15, -0.1) is 0 Å². The molecule has 1 rings (SSSR count). The lowest BCUT2D eigenvalue weighted by atomic mass is 10.2. The average Bonchev–Trinajstić information content (AvgIpc) is 2.15. The first-order chi connectivity index (χ1) is 6.24. The molecule has 0 bridgehead atoms. The molecule has 0 unspecified atom stereocenters. The van der Waals surface area contributed by atoms with Crippen LogP contribution >= 0.6 is 0 Å². The van der Waals surface area contributed by atoms with Crippen LogP contribution in [-0.4, -0.2) is 25.6 Å². The summed E-state index contributed by atoms with van der Waals surface area (Å²) in [5.74, 6) is 0.963. The Morgan fingerprint density at radius 1 is 1.46 bits per heavy atom. The van der Waals surface area contributed by atoms with Crippen molar-refractivity contribution in [3.05, 3.63) is 30.0 Å². The Bertz CT molecular complexity index is 275. The first kappa shape index (κ1) is 9.74. The zero-order valence-corrected chi connectivity index (χ0v) is 8.07. The molecule has 0 aliphatic rings. The van der Waals surface area contributed by atoms with Gasteiger partial charge in [-0.3, -0.25) is 0 Å². The zero-order valence-electron chi connectivity index (χ0n) is 8.07. The highest BCUT2D eigenvalue weighted by molar-refractivity contribution is 5.51. The molecule has 13 heavy (non-hydrogen) atoms. The van der Waals surface area contributed by atoms with E-state index in [1.807, 2.05) is 49.5 Å². The Morgan fingerprint density at radius 3 is 2.69 bits per heavy atom. The fraction of sp³-hybridized carbons (Fsp3) is 0.300. The third-order valence-electron chi connectivity index (χ3n) is 1.68. The number of hydrogen-bond acceptors (Lipinski definition) is 3. The number of hydrogen-bond donors (Lipinski definition) is 1. The third-order valence-corrected chi connectivity index (χ3v) is 1.68. The molecule has 0 saturated carbocycles. The summed E-state index contributed by atoms with van der Waals surface area (Å²) >= 11 is 0. The fourth-order valence-electron chi connectivity index (χ4n) is 0.965. The Morgan fingerprint density at radius 2 is 2.23 bits per heavy atom. The van der Waals surface area contributed by atoms with Gasteiger partial charge in [0.05, 0.1) is 0 Å². The molecular formula is C10H15N3. The summed E-state index contributed by atoms with van der Waals surface area (Å²) in [6.45, 7) is 0.565. The van der Waals surface area contributed by atoms with Crippen LogP contribution in [0.5, 0.6) is 0 Å². The molecule has 70 valence electrons. The number of nitrogens with zero attached hydrogens (tertiary/aromatic N) is 2. The van der Waals surface area contributed by atoms with E-state index in [4.69, 9.17) is 5.73 Å². The Labute approximate surface area is 78.9 Å². The van der Waals surface area contributed by atoms with Gasteiger partial charge in [0, 0.05) is 26.8 Å². The van der Waals surface area contributed by atoms with Gasteiger partial charge in [-0.2, -0.15) is 0 Å². The number of pyridine rings is 1. The molecule has 1 heterocycles. The average molecular weight is 177 g/mol. The summed E-state index contributed by atoms with van der Waals surface area (Å²) in [6.07, 6.45) is 5.71. The number of nitrogens with two attached hydrogens (primary N) is 1. The zero-order chi connectivity index (χ0) is 9.68. The van der Waals surface area contributed by atoms with Crippen molar-refractivity contribution in [1.29, 1.82) is 0 Å². The van der Waals surface area contributed by atoms with Crippen molar-refractivity contribution >= 4 is 11.9 Å². The summed E-state index contributed by atoms with van der Waals surface area (Å²) in [5.41, 5.74) is 6.42. The van der Waals surface area contributed by atoms with Gasteiger partial charge >= 0.3 is 0 Å². The third kappa shape index (κ3) is 2.87. The molecule has 0 radical (unpaired) electrons. The van der Waals surface area contributed by atoms with E-state index in [-0.39, 0.29) is 0 Å². The first-order valence-corrected chi connectivity index (χ1v) is 4.24. The molecule has 1 aromatic rings. The SMILES string of the molecule is CN(C)c1ccc(/C=C/CN)cn1. The highest BCUT2D eigenvalue weighted by Gasteiger charge is 1.94. The molecule has 0 saturated heterocycles. The van der Waals surface area contributed by atoms with Crippen molar-refractivity contribution < 1.29 is 0 Å². The van der Waals surface area contributed by atoms with E-state index < -0.39 is 0 Å². The molecule has 2 N–H and O–H groups in total. The van der Waals surface area contributed by atoms with Gasteiger partial charge in [0.15, 0.2) is 0 Å². The van der Waals surface area contributed by atoms with Crippen molar-refractivity contribution in [3.63, 3.8) is 0 Å². The van der Waals surface area contributed by atoms with E-state index >= 15 is 0 Å². The maximum absolute atomic E-state index is 5.34. The monoisotopic (exact) mass is 177 g/mol. The Balaban J connectivity index is 2.75. The second kappa shape index (κ2) is 4.62. The van der Waals surface area contributed by atoms with Crippen LogP contribution in [0.3, 0.4) is 0 Å². The predicted octanol–water partition coefficient (Wildman–Crippen LogP) is 1.12. The molecular weight excluding hydrogens is 162 g/mol. The van der Waals surface area contributed by atoms with Crippen LogP contribution in [-0.2, 0) is 0 Å². The lowest BCUT2D eigenvalue weighted by Crippen LogP contribution is -2.09. The van der Waals surface area contributed by atoms with E-state index in [1.165, 1.54) is 0 Å². The van der Waals surface area contributed by atoms with Gasteiger partial charge in [-0.05, 0) is 17.7 Å². The van der Waals surface area contributed by atoms with Crippen molar-refractivity contribution in [2.75, 3.05) is 25.5 Å². The van der Waals surface area contributed by atoms with Crippen LogP contribution in [0.25, 0.3) is 6.08 Å². The first-order valence-electron chi connectivity index (χ1n) is 4.24. The van der Waals surface area contributed by atoms with Crippen LogP contribution < -0.4 is 10.6 Å². The van der Waals surface area contributed by atoms with Crippen LogP contribution in [0, 0.1) is 0 Å². The number of anilines is 1. The smallest absolute Gasteiger partial charge is 0.127 e. The number of rotatable bonds is 3. The second-order valence-electron chi connectivity index (χ2n) is 2.98. The summed E-state index contributed by atoms with van der Waals surface area (Å²) in [6, 6.07) is 4.00. The minimum absolute atomic E-state index is 0.565. The molecule has 0 atom stereocenters. The minimum Gasteiger partial charge on any atom is -0.363 e. The molecule has 0 fully saturated rings. The highest BCUT2D eigenvalue weighted by Crippen LogP contribution is 2.08. The van der Waals surface area contributed by atoms with Crippen molar-refractivity contribution in [3.8, 4) is 0 Å². The molecule has 0 aliphatic heterocycles. The molecule has 3 nitrogen and oxygen atoms in total. The van der Waals surface area contributed by atoms with E-state index in [0.717, 1.165) is 11.4 Å². The van der Waals surface area contributed by atoms with Crippen molar-refractivity contribution in [2.45, 2.75) is 0 Å². The van der Waals surface area contributed by atoms with Crippen molar-refractivity contribution in [1.82, 2.24) is 4.98 Å². The van der Waals surface area contributed by atoms with Gasteiger partial charge in [0.1, 0.15) is 5.82 Å². The Kier molecular flexibility index (Phi) is 3.46. The minimum atomic E-state index is 0.565. The summed E-state index contributed by atoms with van der Waals surface area (Å²) < 4.78 is 0. The standard InChI is InChI=1S/C10H15N3/c1-13(2)10-6-5-9(8-12-10)4-3-7-11/h3-6,8H,7,11H2,1-2H3/b4-3+. The number of aromatic nitrogens is 1. The quantitative estimate of drug-likeness (QED) is 0.752. The van der Waals surface area contributed by atoms with Gasteiger partial charge in [0.25, 0.3) is 0 Å². The fourth-order valence-corrected chi connectivity index (χ4v) is 0.965. The van der Waals surface area contributed by atoms with Crippen LogP contribution in [0.15, 0.2) is 24.4 Å². The normalized spacial score (nSPS) is 10.7. The second-order valence-corrected chi connectivity index (χ2v) is 2.98. The van der Waals surface area contributed by atoms with Gasteiger partial charge in [-0.1, -0.05) is 12.2 Å². The molecule has 0 amide bonds. The van der Waals surface area contributed by atoms with E-state index in [2.05, 4.69) is 4.98 Å². The maximum Gasteiger partial charge on any atom is 0.127 e. The molecule has 0 aliphatic carbocycles. The molecule has 0 aromatic carbocycles. The topological polar surface area (TPSA) is 42.1 Å². The van der Waals surface area contributed by atoms with Gasteiger partial charge in [-0.25, -0.2) is 4.98 Å². The van der Waals surface area contributed by atoms with Crippen molar-refractivity contribution in [2.24, 2.45) is 5.73 Å². The summed E-state index contributed by atoms with van der Waals surface area (Å²) in [5, 5.41) is 0. The Hall–Kier alpha value is -1.35. The lowest BCUT2D eigenvalue weighted by Gasteiger charge is -2.10. The largest absolute Gasteiger partial charge is 0.363 e. The maximum atomic E-state index is 5.34. The van der Waals surface area contributed by atoms with Gasteiger partial charge in [0.2, 0.25) is 0 Å². The van der Waals surface area contributed by atoms with Crippen LogP contribution in [0.1, 0.15) is 5.56 Å². The van der Waals surface area contributed by atoms with Gasteiger partial charge < -0.3 is 10.6 Å². The van der Waals surface area contributed by atoms with E-state index in [9.17, 15) is 0 Å². The van der Waals surface area contributed by atoms with E-state index in [0.29, 0.717) is 6.54 Å². The summed E-state index contributed by atoms with van der Waals surface area (Å²) in [4.78, 5) is 6.23.